The lowest BCUT2D eigenvalue weighted by Gasteiger charge is -2.13. The summed E-state index contributed by atoms with van der Waals surface area (Å²) in [7, 11) is 1.61. The van der Waals surface area contributed by atoms with Gasteiger partial charge in [-0.05, 0) is 48.2 Å². The largest absolute Gasteiger partial charge is 0.497 e. The number of ether oxygens (including phenoxy) is 3. The molecule has 0 saturated carbocycles. The number of imide groups is 1. The third-order valence-corrected chi connectivity index (χ3v) is 5.44. The van der Waals surface area contributed by atoms with Gasteiger partial charge in [0.25, 0.3) is 5.91 Å². The molecule has 2 heterocycles. The van der Waals surface area contributed by atoms with E-state index >= 15 is 0 Å². The molecule has 4 rings (SSSR count). The van der Waals surface area contributed by atoms with Crippen molar-refractivity contribution in [1.29, 1.82) is 0 Å². The molecule has 9 heteroatoms. The highest BCUT2D eigenvalue weighted by Crippen LogP contribution is 2.33. The number of rotatable bonds is 9. The van der Waals surface area contributed by atoms with E-state index in [9.17, 15) is 14.4 Å². The maximum absolute atomic E-state index is 12.7. The molecule has 0 spiro atoms. The Labute approximate surface area is 185 Å². The van der Waals surface area contributed by atoms with Crippen molar-refractivity contribution in [1.82, 2.24) is 15.5 Å². The van der Waals surface area contributed by atoms with Crippen LogP contribution in [0.1, 0.15) is 24.0 Å². The summed E-state index contributed by atoms with van der Waals surface area (Å²) in [5, 5.41) is 5.52. The molecule has 1 saturated heterocycles. The average molecular weight is 439 g/mol. The smallest absolute Gasteiger partial charge is 0.325 e. The minimum atomic E-state index is -0.705. The summed E-state index contributed by atoms with van der Waals surface area (Å²) in [6, 6.07) is 11.8. The van der Waals surface area contributed by atoms with Crippen molar-refractivity contribution in [3.63, 3.8) is 0 Å². The first-order chi connectivity index (χ1) is 15.5. The molecular weight excluding hydrogens is 414 g/mol. The molecule has 1 fully saturated rings. The van der Waals surface area contributed by atoms with Crippen LogP contribution in [0.25, 0.3) is 0 Å². The van der Waals surface area contributed by atoms with Crippen LogP contribution < -0.4 is 24.8 Å². The fraction of sp³-hybridized carbons (Fsp3) is 0.348. The SMILES string of the molecule is COc1ccc(CCNC(=O)CC[C@@H]2NC(=O)N(Cc3ccc4c(c3)OCO4)C2=O)cc1. The first-order valence-electron chi connectivity index (χ1n) is 10.4. The number of urea groups is 1. The van der Waals surface area contributed by atoms with Gasteiger partial charge in [-0.2, -0.15) is 0 Å². The summed E-state index contributed by atoms with van der Waals surface area (Å²) >= 11 is 0. The molecule has 2 aliphatic rings. The van der Waals surface area contributed by atoms with Gasteiger partial charge in [0.1, 0.15) is 11.8 Å². The van der Waals surface area contributed by atoms with Gasteiger partial charge >= 0.3 is 6.03 Å². The third kappa shape index (κ3) is 4.93. The second kappa shape index (κ2) is 9.59. The first kappa shape index (κ1) is 21.5. The Balaban J connectivity index is 1.21. The number of carbonyl (C=O) groups is 3. The normalized spacial score (nSPS) is 16.8. The zero-order chi connectivity index (χ0) is 22.5. The van der Waals surface area contributed by atoms with E-state index in [2.05, 4.69) is 10.6 Å². The predicted molar refractivity (Wildman–Crippen MR) is 114 cm³/mol. The number of carbonyl (C=O) groups excluding carboxylic acids is 3. The third-order valence-electron chi connectivity index (χ3n) is 5.44. The molecule has 9 nitrogen and oxygen atoms in total. The van der Waals surface area contributed by atoms with Crippen molar-refractivity contribution in [2.45, 2.75) is 31.8 Å². The summed E-state index contributed by atoms with van der Waals surface area (Å²) in [6.45, 7) is 0.782. The van der Waals surface area contributed by atoms with Crippen LogP contribution in [0.15, 0.2) is 42.5 Å². The fourth-order valence-corrected chi connectivity index (χ4v) is 3.65. The topological polar surface area (TPSA) is 106 Å². The lowest BCUT2D eigenvalue weighted by molar-refractivity contribution is -0.128. The van der Waals surface area contributed by atoms with Crippen molar-refractivity contribution < 1.29 is 28.6 Å². The Hall–Kier alpha value is -3.75. The summed E-state index contributed by atoms with van der Waals surface area (Å²) in [4.78, 5) is 38.3. The number of fused-ring (bicyclic) bond motifs is 1. The van der Waals surface area contributed by atoms with Crippen LogP contribution in [0, 0.1) is 0 Å². The van der Waals surface area contributed by atoms with Crippen molar-refractivity contribution in [3.8, 4) is 17.2 Å². The number of hydrogen-bond acceptors (Lipinski definition) is 6. The van der Waals surface area contributed by atoms with Gasteiger partial charge in [0.2, 0.25) is 12.7 Å². The minimum Gasteiger partial charge on any atom is -0.497 e. The Kier molecular flexibility index (Phi) is 6.44. The molecule has 2 N–H and O–H groups in total. The highest BCUT2D eigenvalue weighted by atomic mass is 16.7. The number of nitrogens with zero attached hydrogens (tertiary/aromatic N) is 1. The number of amides is 4. The number of benzene rings is 2. The van der Waals surface area contributed by atoms with Crippen LogP contribution in [0.2, 0.25) is 0 Å². The van der Waals surface area contributed by atoms with E-state index in [0.717, 1.165) is 21.8 Å². The summed E-state index contributed by atoms with van der Waals surface area (Å²) < 4.78 is 15.7. The van der Waals surface area contributed by atoms with Crippen LogP contribution in [0.3, 0.4) is 0 Å². The zero-order valence-corrected chi connectivity index (χ0v) is 17.8. The molecule has 2 aromatic rings. The molecule has 0 aromatic heterocycles. The Morgan fingerprint density at radius 3 is 2.66 bits per heavy atom. The average Bonchev–Trinajstić information content (AvgIpc) is 3.37. The molecule has 0 aliphatic carbocycles. The molecule has 0 unspecified atom stereocenters. The van der Waals surface area contributed by atoms with Crippen molar-refractivity contribution in [3.05, 3.63) is 53.6 Å². The summed E-state index contributed by atoms with van der Waals surface area (Å²) in [5.41, 5.74) is 1.85. The Morgan fingerprint density at radius 1 is 1.12 bits per heavy atom. The van der Waals surface area contributed by atoms with Crippen LogP contribution in [-0.2, 0) is 22.6 Å². The van der Waals surface area contributed by atoms with Gasteiger partial charge < -0.3 is 24.8 Å². The Bertz CT molecular complexity index is 1010. The van der Waals surface area contributed by atoms with Crippen LogP contribution in [0.5, 0.6) is 17.2 Å². The van der Waals surface area contributed by atoms with E-state index in [0.29, 0.717) is 24.5 Å². The molecule has 4 amide bonds. The maximum atomic E-state index is 12.7. The second-order valence-electron chi connectivity index (χ2n) is 7.60. The number of hydrogen-bond donors (Lipinski definition) is 2. The molecule has 168 valence electrons. The molecule has 2 aromatic carbocycles. The van der Waals surface area contributed by atoms with Crippen molar-refractivity contribution in [2.24, 2.45) is 0 Å². The van der Waals surface area contributed by atoms with Gasteiger partial charge in [-0.3, -0.25) is 14.5 Å². The maximum Gasteiger partial charge on any atom is 0.325 e. The van der Waals surface area contributed by atoms with Gasteiger partial charge in [0, 0.05) is 13.0 Å². The van der Waals surface area contributed by atoms with Gasteiger partial charge in [-0.25, -0.2) is 4.79 Å². The highest BCUT2D eigenvalue weighted by molar-refractivity contribution is 6.04. The van der Waals surface area contributed by atoms with E-state index in [1.807, 2.05) is 24.3 Å². The Morgan fingerprint density at radius 2 is 1.88 bits per heavy atom. The van der Waals surface area contributed by atoms with Crippen LogP contribution in [-0.4, -0.2) is 49.2 Å². The first-order valence-corrected chi connectivity index (χ1v) is 10.4. The monoisotopic (exact) mass is 439 g/mol. The van der Waals surface area contributed by atoms with Crippen LogP contribution in [0.4, 0.5) is 4.79 Å². The van der Waals surface area contributed by atoms with E-state index in [-0.39, 0.29) is 38.0 Å². The zero-order valence-electron chi connectivity index (χ0n) is 17.8. The number of nitrogens with one attached hydrogen (secondary N) is 2. The number of methoxy groups -OCH3 is 1. The second-order valence-corrected chi connectivity index (χ2v) is 7.60. The van der Waals surface area contributed by atoms with Crippen molar-refractivity contribution in [2.75, 3.05) is 20.4 Å². The summed E-state index contributed by atoms with van der Waals surface area (Å²) in [6.07, 6.45) is 1.09. The predicted octanol–water partition coefficient (Wildman–Crippen LogP) is 1.98. The van der Waals surface area contributed by atoms with E-state index < -0.39 is 12.1 Å². The lowest BCUT2D eigenvalue weighted by Crippen LogP contribution is -2.33. The summed E-state index contributed by atoms with van der Waals surface area (Å²) in [5.74, 6) is 1.53. The van der Waals surface area contributed by atoms with Gasteiger partial charge in [-0.15, -0.1) is 0 Å². The molecule has 32 heavy (non-hydrogen) atoms. The molecule has 2 aliphatic heterocycles. The highest BCUT2D eigenvalue weighted by Gasteiger charge is 2.38. The van der Waals surface area contributed by atoms with E-state index in [1.54, 1.807) is 25.3 Å². The van der Waals surface area contributed by atoms with Gasteiger partial charge in [0.05, 0.1) is 13.7 Å². The molecule has 0 bridgehead atoms. The lowest BCUT2D eigenvalue weighted by atomic mass is 10.1. The van der Waals surface area contributed by atoms with Gasteiger partial charge in [0.15, 0.2) is 11.5 Å². The van der Waals surface area contributed by atoms with Crippen LogP contribution >= 0.6 is 0 Å². The van der Waals surface area contributed by atoms with Gasteiger partial charge in [-0.1, -0.05) is 18.2 Å². The van der Waals surface area contributed by atoms with Crippen molar-refractivity contribution >= 4 is 17.8 Å². The fourth-order valence-electron chi connectivity index (χ4n) is 3.65. The van der Waals surface area contributed by atoms with E-state index in [1.165, 1.54) is 0 Å². The standard InChI is InChI=1S/C23H25N3O6/c1-30-17-5-2-15(3-6-17)10-11-24-21(27)9-7-18-22(28)26(23(29)25-18)13-16-4-8-19-20(12-16)32-14-31-19/h2-6,8,12,18H,7,9-11,13-14H2,1H3,(H,24,27)(H,25,29)/t18-/m0/s1. The minimum absolute atomic E-state index is 0.131. The van der Waals surface area contributed by atoms with E-state index in [4.69, 9.17) is 14.2 Å². The quantitative estimate of drug-likeness (QED) is 0.579. The molecule has 0 radical (unpaired) electrons. The molecule has 1 atom stereocenters. The molecular formula is C23H25N3O6.